The Hall–Kier alpha value is -3.35. The van der Waals surface area contributed by atoms with E-state index in [-0.39, 0.29) is 24.7 Å². The van der Waals surface area contributed by atoms with Gasteiger partial charge in [-0.05, 0) is 30.7 Å². The lowest BCUT2D eigenvalue weighted by Gasteiger charge is -2.25. The summed E-state index contributed by atoms with van der Waals surface area (Å²) in [6.45, 7) is 3.51. The number of rotatable bonds is 9. The van der Waals surface area contributed by atoms with Crippen molar-refractivity contribution < 1.29 is 19.1 Å². The Bertz CT molecular complexity index is 837. The molecule has 0 saturated heterocycles. The number of nitrogen functional groups attached to an aromatic ring is 1. The lowest BCUT2D eigenvalue weighted by atomic mass is 10.1. The topological polar surface area (TPSA) is 102 Å². The number of Topliss-reactive ketones (excluding diaryl/α,β-unsaturated/α-hetero) is 1. The molecular weight excluding hydrogens is 358 g/mol. The lowest BCUT2D eigenvalue weighted by Crippen LogP contribution is -2.27. The standard InChI is InChI=1S/C21H25N3O4/c1-15(25)14-28-21(27)10-11-24(13-17-6-4-3-5-7-17)18-8-9-19(22)20(12-18)23-16(2)26/h3-9,12H,10-11,13-14,22H2,1-2H3,(H,23,26). The third-order valence-corrected chi connectivity index (χ3v) is 3.95. The summed E-state index contributed by atoms with van der Waals surface area (Å²) in [5, 5.41) is 2.71. The van der Waals surface area contributed by atoms with Gasteiger partial charge < -0.3 is 20.7 Å². The molecule has 2 rings (SSSR count). The van der Waals surface area contributed by atoms with Crippen molar-refractivity contribution in [2.45, 2.75) is 26.8 Å². The Morgan fingerprint density at radius 2 is 1.79 bits per heavy atom. The molecular formula is C21H25N3O4. The zero-order chi connectivity index (χ0) is 20.5. The maximum atomic E-state index is 11.9. The fourth-order valence-corrected chi connectivity index (χ4v) is 2.62. The predicted octanol–water partition coefficient (Wildman–Crippen LogP) is 2.76. The van der Waals surface area contributed by atoms with Gasteiger partial charge in [0.25, 0.3) is 0 Å². The summed E-state index contributed by atoms with van der Waals surface area (Å²) in [6, 6.07) is 15.1. The Labute approximate surface area is 164 Å². The first-order chi connectivity index (χ1) is 13.3. The minimum Gasteiger partial charge on any atom is -0.458 e. The molecule has 0 radical (unpaired) electrons. The highest BCUT2D eigenvalue weighted by Crippen LogP contribution is 2.27. The van der Waals surface area contributed by atoms with Crippen LogP contribution in [0.3, 0.4) is 0 Å². The molecule has 0 heterocycles. The van der Waals surface area contributed by atoms with Crippen LogP contribution in [0.25, 0.3) is 0 Å². The summed E-state index contributed by atoms with van der Waals surface area (Å²) in [5.41, 5.74) is 8.79. The quantitative estimate of drug-likeness (QED) is 0.510. The van der Waals surface area contributed by atoms with Crippen LogP contribution in [0, 0.1) is 0 Å². The molecule has 0 unspecified atom stereocenters. The molecule has 0 bridgehead atoms. The molecule has 148 valence electrons. The fourth-order valence-electron chi connectivity index (χ4n) is 2.62. The Morgan fingerprint density at radius 3 is 2.43 bits per heavy atom. The minimum absolute atomic E-state index is 0.125. The number of nitrogens with two attached hydrogens (primary N) is 1. The van der Waals surface area contributed by atoms with Gasteiger partial charge in [-0.25, -0.2) is 0 Å². The van der Waals surface area contributed by atoms with Gasteiger partial charge in [0.15, 0.2) is 5.78 Å². The van der Waals surface area contributed by atoms with Crippen molar-refractivity contribution in [1.29, 1.82) is 0 Å². The highest BCUT2D eigenvalue weighted by Gasteiger charge is 2.13. The van der Waals surface area contributed by atoms with Gasteiger partial charge in [-0.1, -0.05) is 30.3 Å². The fraction of sp³-hybridized carbons (Fsp3) is 0.286. The molecule has 0 aromatic heterocycles. The first-order valence-corrected chi connectivity index (χ1v) is 8.96. The minimum atomic E-state index is -0.439. The first kappa shape index (κ1) is 21.0. The predicted molar refractivity (Wildman–Crippen MR) is 109 cm³/mol. The third-order valence-electron chi connectivity index (χ3n) is 3.95. The van der Waals surface area contributed by atoms with Crippen LogP contribution in [0.2, 0.25) is 0 Å². The van der Waals surface area contributed by atoms with Crippen LogP contribution >= 0.6 is 0 Å². The Morgan fingerprint density at radius 1 is 1.07 bits per heavy atom. The number of ether oxygens (including phenoxy) is 1. The molecule has 0 aliphatic rings. The molecule has 2 aromatic carbocycles. The van der Waals surface area contributed by atoms with Gasteiger partial charge in [0.05, 0.1) is 17.8 Å². The molecule has 7 nitrogen and oxygen atoms in total. The van der Waals surface area contributed by atoms with Crippen molar-refractivity contribution in [1.82, 2.24) is 0 Å². The van der Waals surface area contributed by atoms with Gasteiger partial charge in [0.1, 0.15) is 6.61 Å². The van der Waals surface area contributed by atoms with Crippen LogP contribution in [0.15, 0.2) is 48.5 Å². The van der Waals surface area contributed by atoms with E-state index in [4.69, 9.17) is 10.5 Å². The Kier molecular flexibility index (Phi) is 7.56. The summed E-state index contributed by atoms with van der Waals surface area (Å²) in [6.07, 6.45) is 0.125. The summed E-state index contributed by atoms with van der Waals surface area (Å²) >= 11 is 0. The van der Waals surface area contributed by atoms with Crippen LogP contribution in [0.1, 0.15) is 25.8 Å². The molecule has 7 heteroatoms. The van der Waals surface area contributed by atoms with E-state index in [0.717, 1.165) is 11.3 Å². The number of carbonyl (C=O) groups excluding carboxylic acids is 3. The maximum Gasteiger partial charge on any atom is 0.308 e. The van der Waals surface area contributed by atoms with Crippen LogP contribution in [-0.2, 0) is 25.7 Å². The van der Waals surface area contributed by atoms with E-state index < -0.39 is 5.97 Å². The molecule has 1 amide bonds. The Balaban J connectivity index is 2.19. The largest absolute Gasteiger partial charge is 0.458 e. The molecule has 3 N–H and O–H groups in total. The second kappa shape index (κ2) is 10.1. The van der Waals surface area contributed by atoms with E-state index >= 15 is 0 Å². The zero-order valence-corrected chi connectivity index (χ0v) is 16.1. The second-order valence-corrected chi connectivity index (χ2v) is 6.47. The van der Waals surface area contributed by atoms with Crippen molar-refractivity contribution in [3.05, 3.63) is 54.1 Å². The number of nitrogens with zero attached hydrogens (tertiary/aromatic N) is 1. The van der Waals surface area contributed by atoms with Crippen LogP contribution in [0.5, 0.6) is 0 Å². The van der Waals surface area contributed by atoms with Gasteiger partial charge in [-0.2, -0.15) is 0 Å². The summed E-state index contributed by atoms with van der Waals surface area (Å²) in [7, 11) is 0. The third kappa shape index (κ3) is 6.75. The van der Waals surface area contributed by atoms with E-state index in [9.17, 15) is 14.4 Å². The van der Waals surface area contributed by atoms with Crippen LogP contribution < -0.4 is 16.0 Å². The van der Waals surface area contributed by atoms with E-state index in [0.29, 0.717) is 24.5 Å². The number of anilines is 3. The lowest BCUT2D eigenvalue weighted by molar-refractivity contribution is -0.147. The van der Waals surface area contributed by atoms with E-state index in [1.54, 1.807) is 12.1 Å². The normalized spacial score (nSPS) is 10.2. The van der Waals surface area contributed by atoms with Gasteiger partial charge in [0.2, 0.25) is 5.91 Å². The van der Waals surface area contributed by atoms with Crippen molar-refractivity contribution in [3.8, 4) is 0 Å². The van der Waals surface area contributed by atoms with Crippen molar-refractivity contribution in [3.63, 3.8) is 0 Å². The summed E-state index contributed by atoms with van der Waals surface area (Å²) in [4.78, 5) is 36.3. The smallest absolute Gasteiger partial charge is 0.308 e. The number of hydrogen-bond donors (Lipinski definition) is 2. The molecule has 0 aliphatic heterocycles. The van der Waals surface area contributed by atoms with E-state index in [1.807, 2.05) is 41.3 Å². The van der Waals surface area contributed by atoms with Crippen LogP contribution in [0.4, 0.5) is 17.1 Å². The van der Waals surface area contributed by atoms with Crippen molar-refractivity contribution >= 4 is 34.7 Å². The SMILES string of the molecule is CC(=O)COC(=O)CCN(Cc1ccccc1)c1ccc(N)c(NC(C)=O)c1. The number of benzene rings is 2. The molecule has 2 aromatic rings. The highest BCUT2D eigenvalue weighted by atomic mass is 16.5. The molecule has 0 fully saturated rings. The van der Waals surface area contributed by atoms with Gasteiger partial charge >= 0.3 is 5.97 Å². The van der Waals surface area contributed by atoms with Gasteiger partial charge in [-0.3, -0.25) is 14.4 Å². The summed E-state index contributed by atoms with van der Waals surface area (Å²) in [5.74, 6) is -0.856. The summed E-state index contributed by atoms with van der Waals surface area (Å²) < 4.78 is 4.94. The number of hydrogen-bond acceptors (Lipinski definition) is 6. The van der Waals surface area contributed by atoms with Gasteiger partial charge in [0, 0.05) is 25.7 Å². The number of carbonyl (C=O) groups is 3. The highest BCUT2D eigenvalue weighted by molar-refractivity contribution is 5.93. The van der Waals surface area contributed by atoms with Crippen LogP contribution in [-0.4, -0.2) is 30.8 Å². The molecule has 0 saturated carbocycles. The molecule has 0 spiro atoms. The number of ketones is 1. The monoisotopic (exact) mass is 383 g/mol. The van der Waals surface area contributed by atoms with Crippen molar-refractivity contribution in [2.75, 3.05) is 29.1 Å². The average Bonchev–Trinajstić information content (AvgIpc) is 2.65. The van der Waals surface area contributed by atoms with Gasteiger partial charge in [-0.15, -0.1) is 0 Å². The number of esters is 1. The second-order valence-electron chi connectivity index (χ2n) is 6.47. The zero-order valence-electron chi connectivity index (χ0n) is 16.1. The van der Waals surface area contributed by atoms with E-state index in [2.05, 4.69) is 5.32 Å². The van der Waals surface area contributed by atoms with E-state index in [1.165, 1.54) is 13.8 Å². The number of nitrogens with one attached hydrogen (secondary N) is 1. The molecule has 0 aliphatic carbocycles. The van der Waals surface area contributed by atoms with Crippen molar-refractivity contribution in [2.24, 2.45) is 0 Å². The molecule has 0 atom stereocenters. The number of amides is 1. The first-order valence-electron chi connectivity index (χ1n) is 8.96. The molecule has 28 heavy (non-hydrogen) atoms. The average molecular weight is 383 g/mol. The maximum absolute atomic E-state index is 11.9.